The van der Waals surface area contributed by atoms with Crippen LogP contribution in [0.25, 0.3) is 118 Å². The SMILES string of the molecule is c1ccc2c(c1)-c1ccccc1C21c2ccccc2-c2c(-c3c4cccc(-c5cccc6sc7ccccc7c56)c4cc4c(-c5cccc6sc7ccccc7c56)cccc34)cccc21. The molecule has 0 bridgehead atoms. The monoisotopic (exact) mass is 856 g/mol. The minimum Gasteiger partial charge on any atom is -0.135 e. The van der Waals surface area contributed by atoms with Gasteiger partial charge < -0.3 is 0 Å². The van der Waals surface area contributed by atoms with Gasteiger partial charge in [-0.05, 0) is 130 Å². The van der Waals surface area contributed by atoms with Crippen LogP contribution in [0.4, 0.5) is 0 Å². The zero-order valence-corrected chi connectivity index (χ0v) is 36.7. The molecule has 0 N–H and O–H groups in total. The van der Waals surface area contributed by atoms with E-state index in [0.717, 1.165) is 0 Å². The first-order valence-electron chi connectivity index (χ1n) is 22.5. The molecule has 0 saturated carbocycles. The van der Waals surface area contributed by atoms with E-state index in [0.29, 0.717) is 0 Å². The van der Waals surface area contributed by atoms with Crippen molar-refractivity contribution in [2.24, 2.45) is 0 Å². The first kappa shape index (κ1) is 35.8. The Morgan fingerprint density at radius 1 is 0.231 bits per heavy atom. The number of thiophene rings is 2. The molecule has 0 saturated heterocycles. The summed E-state index contributed by atoms with van der Waals surface area (Å²) in [5.74, 6) is 0. The van der Waals surface area contributed by atoms with Crippen LogP contribution in [-0.2, 0) is 5.41 Å². The van der Waals surface area contributed by atoms with Crippen molar-refractivity contribution in [1.29, 1.82) is 0 Å². The van der Waals surface area contributed by atoms with E-state index in [4.69, 9.17) is 0 Å². The lowest BCUT2D eigenvalue weighted by atomic mass is 9.70. The van der Waals surface area contributed by atoms with Gasteiger partial charge in [0.1, 0.15) is 0 Å². The van der Waals surface area contributed by atoms with E-state index in [-0.39, 0.29) is 0 Å². The predicted molar refractivity (Wildman–Crippen MR) is 280 cm³/mol. The molecular weight excluding hydrogens is 821 g/mol. The van der Waals surface area contributed by atoms with Gasteiger partial charge in [-0.1, -0.05) is 188 Å². The maximum absolute atomic E-state index is 2.53. The fourth-order valence-corrected chi connectivity index (χ4v) is 14.5. The Balaban J connectivity index is 1.11. The largest absolute Gasteiger partial charge is 0.135 e. The fourth-order valence-electron chi connectivity index (χ4n) is 12.3. The normalized spacial score (nSPS) is 13.4. The van der Waals surface area contributed by atoms with Crippen molar-refractivity contribution in [2.45, 2.75) is 5.41 Å². The number of hydrogen-bond acceptors (Lipinski definition) is 2. The maximum Gasteiger partial charge on any atom is 0.0725 e. The highest BCUT2D eigenvalue weighted by molar-refractivity contribution is 7.26. The minimum atomic E-state index is -0.433. The molecule has 2 aliphatic carbocycles. The summed E-state index contributed by atoms with van der Waals surface area (Å²) in [5, 5.41) is 10.4. The Morgan fingerprint density at radius 2 is 0.600 bits per heavy atom. The number of rotatable bonds is 3. The van der Waals surface area contributed by atoms with Gasteiger partial charge in [-0.3, -0.25) is 0 Å². The van der Waals surface area contributed by atoms with Crippen molar-refractivity contribution < 1.29 is 0 Å². The molecule has 0 atom stereocenters. The van der Waals surface area contributed by atoms with E-state index in [1.807, 2.05) is 22.7 Å². The van der Waals surface area contributed by atoms with Crippen molar-refractivity contribution in [1.82, 2.24) is 0 Å². The topological polar surface area (TPSA) is 0 Å². The van der Waals surface area contributed by atoms with E-state index in [1.165, 1.54) is 140 Å². The number of fused-ring (bicyclic) bond motifs is 18. The quantitative estimate of drug-likeness (QED) is 0.155. The van der Waals surface area contributed by atoms with Crippen LogP contribution in [0.3, 0.4) is 0 Å². The van der Waals surface area contributed by atoms with Crippen LogP contribution in [0.2, 0.25) is 0 Å². The second-order valence-electron chi connectivity index (χ2n) is 17.7. The Labute approximate surface area is 383 Å². The molecule has 2 heteroatoms. The van der Waals surface area contributed by atoms with Gasteiger partial charge in [0, 0.05) is 40.3 Å². The first-order valence-corrected chi connectivity index (χ1v) is 24.1. The van der Waals surface area contributed by atoms with Crippen LogP contribution in [0, 0.1) is 0 Å². The van der Waals surface area contributed by atoms with Crippen LogP contribution in [0.1, 0.15) is 22.3 Å². The summed E-state index contributed by atoms with van der Waals surface area (Å²) in [7, 11) is 0. The smallest absolute Gasteiger partial charge is 0.0725 e. The van der Waals surface area contributed by atoms with E-state index in [2.05, 4.69) is 218 Å². The number of benzene rings is 11. The molecule has 0 nitrogen and oxygen atoms in total. The van der Waals surface area contributed by atoms with E-state index in [1.54, 1.807) is 0 Å². The Hall–Kier alpha value is -7.62. The summed E-state index contributed by atoms with van der Waals surface area (Å²) in [6, 6.07) is 82.9. The second kappa shape index (κ2) is 13.2. The lowest BCUT2D eigenvalue weighted by Gasteiger charge is -2.30. The van der Waals surface area contributed by atoms with Crippen LogP contribution >= 0.6 is 22.7 Å². The molecule has 0 radical (unpaired) electrons. The van der Waals surface area contributed by atoms with Gasteiger partial charge in [0.2, 0.25) is 0 Å². The molecule has 0 fully saturated rings. The van der Waals surface area contributed by atoms with Crippen LogP contribution in [-0.4, -0.2) is 0 Å². The summed E-state index contributed by atoms with van der Waals surface area (Å²) in [5.41, 5.74) is 17.9. The van der Waals surface area contributed by atoms with Gasteiger partial charge in [0.15, 0.2) is 0 Å². The van der Waals surface area contributed by atoms with Crippen LogP contribution in [0.15, 0.2) is 218 Å². The third-order valence-corrected chi connectivity index (χ3v) is 17.0. The minimum absolute atomic E-state index is 0.433. The molecule has 2 aromatic heterocycles. The first-order chi connectivity index (χ1) is 32.3. The Morgan fingerprint density at radius 3 is 1.17 bits per heavy atom. The zero-order valence-electron chi connectivity index (χ0n) is 35.1. The van der Waals surface area contributed by atoms with Crippen molar-refractivity contribution in [2.75, 3.05) is 0 Å². The summed E-state index contributed by atoms with van der Waals surface area (Å²) in [6.45, 7) is 0. The van der Waals surface area contributed by atoms with E-state index < -0.39 is 5.41 Å². The Bertz CT molecular complexity index is 3980. The zero-order chi connectivity index (χ0) is 42.4. The fraction of sp³-hybridized carbons (Fsp3) is 0.0159. The van der Waals surface area contributed by atoms with Gasteiger partial charge >= 0.3 is 0 Å². The van der Waals surface area contributed by atoms with Crippen molar-refractivity contribution in [3.8, 4) is 55.6 Å². The van der Waals surface area contributed by atoms with Crippen molar-refractivity contribution >= 4 is 84.6 Å². The van der Waals surface area contributed by atoms with Gasteiger partial charge in [0.05, 0.1) is 5.41 Å². The highest BCUT2D eigenvalue weighted by Gasteiger charge is 2.52. The van der Waals surface area contributed by atoms with Gasteiger partial charge in [-0.15, -0.1) is 22.7 Å². The molecule has 2 heterocycles. The van der Waals surface area contributed by atoms with Crippen molar-refractivity contribution in [3.05, 3.63) is 241 Å². The van der Waals surface area contributed by atoms with Crippen LogP contribution < -0.4 is 0 Å². The molecule has 2 aliphatic rings. The molecule has 0 unspecified atom stereocenters. The molecule has 11 aromatic carbocycles. The van der Waals surface area contributed by atoms with Gasteiger partial charge in [-0.25, -0.2) is 0 Å². The Kier molecular flexibility index (Phi) is 7.28. The molecule has 1 spiro atoms. The highest BCUT2D eigenvalue weighted by atomic mass is 32.1. The third kappa shape index (κ3) is 4.65. The molecule has 15 rings (SSSR count). The summed E-state index contributed by atoms with van der Waals surface area (Å²) < 4.78 is 5.28. The average molecular weight is 857 g/mol. The average Bonchev–Trinajstić information content (AvgIpc) is 4.11. The van der Waals surface area contributed by atoms with Crippen molar-refractivity contribution in [3.63, 3.8) is 0 Å². The third-order valence-electron chi connectivity index (χ3n) is 14.7. The highest BCUT2D eigenvalue weighted by Crippen LogP contribution is 2.64. The summed E-state index contributed by atoms with van der Waals surface area (Å²) in [6.07, 6.45) is 0. The summed E-state index contributed by atoms with van der Waals surface area (Å²) >= 11 is 3.78. The molecule has 13 aromatic rings. The molecule has 65 heavy (non-hydrogen) atoms. The standard InChI is InChI=1S/C63H36S2/c1-6-28-51-39(16-1)40-17-2-7-29-52(40)63(51)53-30-8-3-18-45(53)60-48(27-13-31-54(60)63)59-43-23-11-21-37(41-25-14-34-57-61(41)46-19-4-9-32-55(46)64-57)49(43)36-50-38(22-12-24-44(50)59)42-26-15-35-58-62(42)47-20-5-10-33-56(47)65-58/h1-36H. The number of hydrogen-bond donors (Lipinski definition) is 0. The molecule has 0 aliphatic heterocycles. The lowest BCUT2D eigenvalue weighted by molar-refractivity contribution is 0.794. The maximum atomic E-state index is 2.53. The van der Waals surface area contributed by atoms with Gasteiger partial charge in [-0.2, -0.15) is 0 Å². The second-order valence-corrected chi connectivity index (χ2v) is 19.9. The molecule has 300 valence electrons. The lowest BCUT2D eigenvalue weighted by Crippen LogP contribution is -2.25. The molecular formula is C63H36S2. The van der Waals surface area contributed by atoms with Gasteiger partial charge in [0.25, 0.3) is 0 Å². The van der Waals surface area contributed by atoms with Crippen LogP contribution in [0.5, 0.6) is 0 Å². The van der Waals surface area contributed by atoms with E-state index in [9.17, 15) is 0 Å². The van der Waals surface area contributed by atoms with E-state index >= 15 is 0 Å². The predicted octanol–water partition coefficient (Wildman–Crippen LogP) is 18.1. The summed E-state index contributed by atoms with van der Waals surface area (Å²) in [4.78, 5) is 0. The molecule has 0 amide bonds.